The smallest absolute Gasteiger partial charge is 0.317 e. The van der Waals surface area contributed by atoms with E-state index >= 15 is 0 Å². The number of piperazine rings is 1. The number of carbonyl (C=O) groups excluding carboxylic acids is 1. The van der Waals surface area contributed by atoms with Crippen molar-refractivity contribution in [1.29, 1.82) is 0 Å². The van der Waals surface area contributed by atoms with Gasteiger partial charge in [0.1, 0.15) is 12.4 Å². The maximum atomic E-state index is 13.5. The molecule has 0 spiro atoms. The second-order valence-electron chi connectivity index (χ2n) is 6.11. The molecule has 2 aromatic rings. The Kier molecular flexibility index (Phi) is 6.34. The number of nitrogens with one attached hydrogen (secondary N) is 1. The SMILES string of the molecule is O=C(NCCOc1ccc(F)cc1F)N1CCN(c2cccc(Cl)c2)CC1. The molecule has 0 aliphatic carbocycles. The third-order valence-corrected chi connectivity index (χ3v) is 4.51. The van der Waals surface area contributed by atoms with Crippen LogP contribution in [0.2, 0.25) is 5.02 Å². The van der Waals surface area contributed by atoms with E-state index in [1.807, 2.05) is 24.3 Å². The van der Waals surface area contributed by atoms with Gasteiger partial charge in [-0.05, 0) is 30.3 Å². The number of halogens is 3. The monoisotopic (exact) mass is 395 g/mol. The molecule has 8 heteroatoms. The molecule has 0 unspecified atom stereocenters. The molecule has 0 atom stereocenters. The zero-order valence-corrected chi connectivity index (χ0v) is 15.4. The Bertz CT molecular complexity index is 798. The van der Waals surface area contributed by atoms with Gasteiger partial charge < -0.3 is 19.9 Å². The van der Waals surface area contributed by atoms with Gasteiger partial charge in [-0.1, -0.05) is 17.7 Å². The molecule has 3 rings (SSSR count). The third kappa shape index (κ3) is 5.23. The van der Waals surface area contributed by atoms with Crippen molar-refractivity contribution < 1.29 is 18.3 Å². The molecular formula is C19H20ClF2N3O2. The van der Waals surface area contributed by atoms with Gasteiger partial charge in [-0.3, -0.25) is 0 Å². The van der Waals surface area contributed by atoms with Gasteiger partial charge in [-0.2, -0.15) is 0 Å². The molecule has 0 bridgehead atoms. The number of rotatable bonds is 5. The highest BCUT2D eigenvalue weighted by molar-refractivity contribution is 6.30. The van der Waals surface area contributed by atoms with Gasteiger partial charge in [0.05, 0.1) is 6.54 Å². The first-order valence-electron chi connectivity index (χ1n) is 8.64. The summed E-state index contributed by atoms with van der Waals surface area (Å²) in [4.78, 5) is 16.1. The second kappa shape index (κ2) is 8.90. The van der Waals surface area contributed by atoms with E-state index in [9.17, 15) is 13.6 Å². The van der Waals surface area contributed by atoms with Crippen LogP contribution in [-0.2, 0) is 0 Å². The van der Waals surface area contributed by atoms with Gasteiger partial charge in [0.15, 0.2) is 11.6 Å². The lowest BCUT2D eigenvalue weighted by Gasteiger charge is -2.36. The van der Waals surface area contributed by atoms with Crippen molar-refractivity contribution >= 4 is 23.3 Å². The summed E-state index contributed by atoms with van der Waals surface area (Å²) < 4.78 is 31.5. The number of nitrogens with zero attached hydrogens (tertiary/aromatic N) is 2. The summed E-state index contributed by atoms with van der Waals surface area (Å²) in [5.41, 5.74) is 1.04. The Morgan fingerprint density at radius 3 is 2.59 bits per heavy atom. The Morgan fingerprint density at radius 1 is 1.11 bits per heavy atom. The van der Waals surface area contributed by atoms with Crippen LogP contribution in [0.5, 0.6) is 5.75 Å². The van der Waals surface area contributed by atoms with Gasteiger partial charge in [-0.25, -0.2) is 13.6 Å². The van der Waals surface area contributed by atoms with Gasteiger partial charge in [0.2, 0.25) is 0 Å². The number of urea groups is 1. The van der Waals surface area contributed by atoms with Crippen LogP contribution in [0.4, 0.5) is 19.3 Å². The molecule has 5 nitrogen and oxygen atoms in total. The van der Waals surface area contributed by atoms with Crippen LogP contribution in [0.25, 0.3) is 0 Å². The Morgan fingerprint density at radius 2 is 1.89 bits per heavy atom. The van der Waals surface area contributed by atoms with Gasteiger partial charge in [-0.15, -0.1) is 0 Å². The highest BCUT2D eigenvalue weighted by atomic mass is 35.5. The maximum Gasteiger partial charge on any atom is 0.317 e. The van der Waals surface area contributed by atoms with Crippen molar-refractivity contribution in [2.75, 3.05) is 44.2 Å². The third-order valence-electron chi connectivity index (χ3n) is 4.27. The summed E-state index contributed by atoms with van der Waals surface area (Å²) in [5, 5.41) is 3.43. The van der Waals surface area contributed by atoms with Crippen molar-refractivity contribution in [2.24, 2.45) is 0 Å². The summed E-state index contributed by atoms with van der Waals surface area (Å²) in [6.07, 6.45) is 0. The minimum absolute atomic E-state index is 0.0409. The molecule has 0 aromatic heterocycles. The van der Waals surface area contributed by atoms with Crippen LogP contribution in [-0.4, -0.2) is 50.3 Å². The van der Waals surface area contributed by atoms with E-state index in [2.05, 4.69) is 10.2 Å². The molecular weight excluding hydrogens is 376 g/mol. The first-order chi connectivity index (χ1) is 13.0. The average Bonchev–Trinajstić information content (AvgIpc) is 2.66. The molecule has 1 saturated heterocycles. The standard InChI is InChI=1S/C19H20ClF2N3O2/c20-14-2-1-3-16(12-14)24-7-9-25(10-8-24)19(26)23-6-11-27-18-5-4-15(21)13-17(18)22/h1-5,12-13H,6-11H2,(H,23,26). The summed E-state index contributed by atoms with van der Waals surface area (Å²) >= 11 is 6.02. The lowest BCUT2D eigenvalue weighted by atomic mass is 10.2. The fourth-order valence-corrected chi connectivity index (χ4v) is 3.05. The number of hydrogen-bond acceptors (Lipinski definition) is 3. The molecule has 1 aliphatic heterocycles. The summed E-state index contributed by atoms with van der Waals surface area (Å²) in [7, 11) is 0. The highest BCUT2D eigenvalue weighted by Gasteiger charge is 2.21. The first-order valence-corrected chi connectivity index (χ1v) is 9.02. The van der Waals surface area contributed by atoms with E-state index in [4.69, 9.17) is 16.3 Å². The normalized spacial score (nSPS) is 14.2. The van der Waals surface area contributed by atoms with Crippen LogP contribution in [0.1, 0.15) is 0 Å². The van der Waals surface area contributed by atoms with Crippen LogP contribution in [0.3, 0.4) is 0 Å². The molecule has 2 amide bonds. The van der Waals surface area contributed by atoms with Crippen molar-refractivity contribution in [3.8, 4) is 5.75 Å². The van der Waals surface area contributed by atoms with Gasteiger partial charge >= 0.3 is 6.03 Å². The minimum Gasteiger partial charge on any atom is -0.489 e. The number of hydrogen-bond donors (Lipinski definition) is 1. The molecule has 144 valence electrons. The number of benzene rings is 2. The van der Waals surface area contributed by atoms with E-state index in [1.54, 1.807) is 4.90 Å². The molecule has 27 heavy (non-hydrogen) atoms. The largest absolute Gasteiger partial charge is 0.489 e. The van der Waals surface area contributed by atoms with E-state index in [1.165, 1.54) is 6.07 Å². The zero-order valence-electron chi connectivity index (χ0n) is 14.6. The quantitative estimate of drug-likeness (QED) is 0.788. The number of amides is 2. The average molecular weight is 396 g/mol. The van der Waals surface area contributed by atoms with Gasteiger partial charge in [0.25, 0.3) is 0 Å². The summed E-state index contributed by atoms with van der Waals surface area (Å²) in [6, 6.07) is 10.5. The molecule has 1 heterocycles. The number of carbonyl (C=O) groups is 1. The lowest BCUT2D eigenvalue weighted by molar-refractivity contribution is 0.191. The number of ether oxygens (including phenoxy) is 1. The fourth-order valence-electron chi connectivity index (χ4n) is 2.86. The van der Waals surface area contributed by atoms with Crippen molar-refractivity contribution in [3.63, 3.8) is 0 Å². The zero-order chi connectivity index (χ0) is 19.2. The van der Waals surface area contributed by atoms with Crippen LogP contribution < -0.4 is 15.0 Å². The molecule has 0 saturated carbocycles. The molecule has 0 radical (unpaired) electrons. The number of anilines is 1. The lowest BCUT2D eigenvalue weighted by Crippen LogP contribution is -2.52. The predicted octanol–water partition coefficient (Wildman–Crippen LogP) is 3.53. The van der Waals surface area contributed by atoms with Crippen LogP contribution >= 0.6 is 11.6 Å². The van der Waals surface area contributed by atoms with Gasteiger partial charge in [0, 0.05) is 43.0 Å². The van der Waals surface area contributed by atoms with E-state index in [-0.39, 0.29) is 24.9 Å². The summed E-state index contributed by atoms with van der Waals surface area (Å²) in [6.45, 7) is 2.93. The Labute approximate surface area is 161 Å². The molecule has 1 fully saturated rings. The van der Waals surface area contributed by atoms with E-state index in [0.717, 1.165) is 17.8 Å². The molecule has 1 aliphatic rings. The van der Waals surface area contributed by atoms with E-state index in [0.29, 0.717) is 31.2 Å². The van der Waals surface area contributed by atoms with Crippen LogP contribution in [0.15, 0.2) is 42.5 Å². The summed E-state index contributed by atoms with van der Waals surface area (Å²) in [5.74, 6) is -1.47. The highest BCUT2D eigenvalue weighted by Crippen LogP contribution is 2.21. The second-order valence-corrected chi connectivity index (χ2v) is 6.55. The van der Waals surface area contributed by atoms with Crippen LogP contribution in [0, 0.1) is 11.6 Å². The van der Waals surface area contributed by atoms with Crippen molar-refractivity contribution in [2.45, 2.75) is 0 Å². The fraction of sp³-hybridized carbons (Fsp3) is 0.316. The predicted molar refractivity (Wildman–Crippen MR) is 100 cm³/mol. The molecule has 1 N–H and O–H groups in total. The Hall–Kier alpha value is -2.54. The van der Waals surface area contributed by atoms with Crippen molar-refractivity contribution in [3.05, 3.63) is 59.1 Å². The Balaban J connectivity index is 1.39. The first kappa shape index (κ1) is 19.2. The van der Waals surface area contributed by atoms with E-state index < -0.39 is 11.6 Å². The topological polar surface area (TPSA) is 44.8 Å². The minimum atomic E-state index is -0.765. The molecule has 2 aromatic carbocycles. The maximum absolute atomic E-state index is 13.5. The van der Waals surface area contributed by atoms with Crippen molar-refractivity contribution in [1.82, 2.24) is 10.2 Å².